The highest BCUT2D eigenvalue weighted by Gasteiger charge is 2.22. The molecule has 160 valence electrons. The fraction of sp³-hybridized carbons (Fsp3) is 0.292. The number of carbonyl (C=O) groups is 1. The molecule has 0 atom stereocenters. The highest BCUT2D eigenvalue weighted by Crippen LogP contribution is 2.27. The van der Waals surface area contributed by atoms with Crippen molar-refractivity contribution in [2.24, 2.45) is 0 Å². The van der Waals surface area contributed by atoms with Gasteiger partial charge in [-0.2, -0.15) is 0 Å². The van der Waals surface area contributed by atoms with Crippen LogP contribution in [0.4, 0.5) is 11.4 Å². The lowest BCUT2D eigenvalue weighted by Gasteiger charge is -2.34. The SMILES string of the molecule is Cc1cccc([N+](=O)[O-])c1NC(=O)CN1CCN(Cc2cccc3ccccc23)CC1. The Labute approximate surface area is 181 Å². The number of hydrogen-bond donors (Lipinski definition) is 1. The lowest BCUT2D eigenvalue weighted by atomic mass is 10.0. The Morgan fingerprint density at radius 1 is 0.968 bits per heavy atom. The quantitative estimate of drug-likeness (QED) is 0.486. The molecule has 31 heavy (non-hydrogen) atoms. The predicted octanol–water partition coefficient (Wildman–Crippen LogP) is 3.81. The van der Waals surface area contributed by atoms with Crippen LogP contribution in [0.25, 0.3) is 10.8 Å². The van der Waals surface area contributed by atoms with Gasteiger partial charge in [0.1, 0.15) is 5.69 Å². The standard InChI is InChI=1S/C24H26N4O3/c1-18-6-4-11-22(28(30)31)24(18)25-23(29)17-27-14-12-26(13-15-27)16-20-9-5-8-19-7-2-3-10-21(19)20/h2-11H,12-17H2,1H3,(H,25,29). The minimum atomic E-state index is -0.464. The van der Waals surface area contributed by atoms with Gasteiger partial charge < -0.3 is 5.32 Å². The zero-order chi connectivity index (χ0) is 21.8. The molecule has 0 bridgehead atoms. The predicted molar refractivity (Wildman–Crippen MR) is 122 cm³/mol. The fourth-order valence-electron chi connectivity index (χ4n) is 4.13. The normalized spacial score (nSPS) is 15.1. The molecule has 0 spiro atoms. The van der Waals surface area contributed by atoms with Gasteiger partial charge in [-0.25, -0.2) is 0 Å². The molecular weight excluding hydrogens is 392 g/mol. The highest BCUT2D eigenvalue weighted by atomic mass is 16.6. The molecule has 0 aromatic heterocycles. The molecule has 1 N–H and O–H groups in total. The Hall–Kier alpha value is -3.29. The summed E-state index contributed by atoms with van der Waals surface area (Å²) in [6.45, 7) is 6.20. The maximum absolute atomic E-state index is 12.5. The van der Waals surface area contributed by atoms with Crippen molar-refractivity contribution in [3.63, 3.8) is 0 Å². The van der Waals surface area contributed by atoms with Crippen molar-refractivity contribution in [3.05, 3.63) is 81.9 Å². The van der Waals surface area contributed by atoms with Crippen molar-refractivity contribution in [3.8, 4) is 0 Å². The molecule has 1 aliphatic heterocycles. The smallest absolute Gasteiger partial charge is 0.293 e. The lowest BCUT2D eigenvalue weighted by Crippen LogP contribution is -2.48. The van der Waals surface area contributed by atoms with E-state index in [1.54, 1.807) is 19.1 Å². The number of anilines is 1. The number of piperazine rings is 1. The molecule has 0 unspecified atom stereocenters. The largest absolute Gasteiger partial charge is 0.319 e. The molecule has 7 heteroatoms. The Morgan fingerprint density at radius 3 is 2.42 bits per heavy atom. The van der Waals surface area contributed by atoms with Gasteiger partial charge in [0.25, 0.3) is 5.69 Å². The number of carbonyl (C=O) groups excluding carboxylic acids is 1. The second-order valence-corrected chi connectivity index (χ2v) is 7.96. The third-order valence-corrected chi connectivity index (χ3v) is 5.82. The van der Waals surface area contributed by atoms with Crippen LogP contribution < -0.4 is 5.32 Å². The summed E-state index contributed by atoms with van der Waals surface area (Å²) in [5, 5.41) is 16.5. The number of nitrogens with one attached hydrogen (secondary N) is 1. The van der Waals surface area contributed by atoms with Gasteiger partial charge in [-0.1, -0.05) is 54.6 Å². The molecule has 4 rings (SSSR count). The summed E-state index contributed by atoms with van der Waals surface area (Å²) in [4.78, 5) is 27.8. The Morgan fingerprint density at radius 2 is 1.65 bits per heavy atom. The van der Waals surface area contributed by atoms with Crippen LogP contribution in [-0.4, -0.2) is 53.4 Å². The van der Waals surface area contributed by atoms with Crippen molar-refractivity contribution in [2.75, 3.05) is 38.0 Å². The molecule has 1 aliphatic rings. The van der Waals surface area contributed by atoms with E-state index in [2.05, 4.69) is 57.6 Å². The van der Waals surface area contributed by atoms with E-state index in [0.717, 1.165) is 32.7 Å². The number of nitro benzene ring substituents is 1. The van der Waals surface area contributed by atoms with Gasteiger partial charge >= 0.3 is 0 Å². The van der Waals surface area contributed by atoms with Gasteiger partial charge in [-0.15, -0.1) is 0 Å². The van der Waals surface area contributed by atoms with Crippen molar-refractivity contribution >= 4 is 28.1 Å². The molecule has 0 saturated carbocycles. The van der Waals surface area contributed by atoms with Gasteiger partial charge in [-0.05, 0) is 28.8 Å². The maximum Gasteiger partial charge on any atom is 0.293 e. The van der Waals surface area contributed by atoms with E-state index in [-0.39, 0.29) is 23.8 Å². The van der Waals surface area contributed by atoms with E-state index in [9.17, 15) is 14.9 Å². The molecular formula is C24H26N4O3. The monoisotopic (exact) mass is 418 g/mol. The van der Waals surface area contributed by atoms with Crippen LogP contribution in [0, 0.1) is 17.0 Å². The third-order valence-electron chi connectivity index (χ3n) is 5.82. The zero-order valence-electron chi connectivity index (χ0n) is 17.6. The first-order valence-electron chi connectivity index (χ1n) is 10.5. The van der Waals surface area contributed by atoms with Gasteiger partial charge in [0, 0.05) is 38.8 Å². The average molecular weight is 418 g/mol. The first-order valence-corrected chi connectivity index (χ1v) is 10.5. The van der Waals surface area contributed by atoms with E-state index in [4.69, 9.17) is 0 Å². The van der Waals surface area contributed by atoms with Gasteiger partial charge in [0.15, 0.2) is 0 Å². The molecule has 3 aromatic rings. The van der Waals surface area contributed by atoms with Gasteiger partial charge in [-0.3, -0.25) is 24.7 Å². The van der Waals surface area contributed by atoms with E-state index >= 15 is 0 Å². The number of amides is 1. The van der Waals surface area contributed by atoms with Crippen LogP contribution in [0.15, 0.2) is 60.7 Å². The number of benzene rings is 3. The van der Waals surface area contributed by atoms with Crippen LogP contribution in [-0.2, 0) is 11.3 Å². The Bertz CT molecular complexity index is 1100. The minimum Gasteiger partial charge on any atom is -0.319 e. The summed E-state index contributed by atoms with van der Waals surface area (Å²) in [6.07, 6.45) is 0. The van der Waals surface area contributed by atoms with Gasteiger partial charge in [0.05, 0.1) is 11.5 Å². The number of nitro groups is 1. The number of para-hydroxylation sites is 1. The van der Waals surface area contributed by atoms with Crippen molar-refractivity contribution in [2.45, 2.75) is 13.5 Å². The van der Waals surface area contributed by atoms with Crippen LogP contribution >= 0.6 is 0 Å². The second kappa shape index (κ2) is 9.24. The van der Waals surface area contributed by atoms with Gasteiger partial charge in [0.2, 0.25) is 5.91 Å². The number of nitrogens with zero attached hydrogens (tertiary/aromatic N) is 3. The Balaban J connectivity index is 1.32. The van der Waals surface area contributed by atoms with Crippen molar-refractivity contribution < 1.29 is 9.72 Å². The summed E-state index contributed by atoms with van der Waals surface area (Å²) in [5.41, 5.74) is 2.21. The molecule has 0 radical (unpaired) electrons. The Kier molecular flexibility index (Phi) is 6.25. The fourth-order valence-corrected chi connectivity index (χ4v) is 4.13. The van der Waals surface area contributed by atoms with Crippen LogP contribution in [0.2, 0.25) is 0 Å². The number of fused-ring (bicyclic) bond motifs is 1. The summed E-state index contributed by atoms with van der Waals surface area (Å²) in [5.74, 6) is -0.222. The summed E-state index contributed by atoms with van der Waals surface area (Å²) in [7, 11) is 0. The van der Waals surface area contributed by atoms with Crippen LogP contribution in [0.1, 0.15) is 11.1 Å². The zero-order valence-corrected chi connectivity index (χ0v) is 17.6. The van der Waals surface area contributed by atoms with E-state index in [1.165, 1.54) is 22.4 Å². The molecule has 7 nitrogen and oxygen atoms in total. The second-order valence-electron chi connectivity index (χ2n) is 7.96. The minimum absolute atomic E-state index is 0.0757. The topological polar surface area (TPSA) is 78.7 Å². The van der Waals surface area contributed by atoms with Crippen LogP contribution in [0.3, 0.4) is 0 Å². The summed E-state index contributed by atoms with van der Waals surface area (Å²) in [6, 6.07) is 19.6. The van der Waals surface area contributed by atoms with Crippen molar-refractivity contribution in [1.82, 2.24) is 9.80 Å². The van der Waals surface area contributed by atoms with E-state index < -0.39 is 4.92 Å². The number of rotatable bonds is 6. The first-order chi connectivity index (χ1) is 15.0. The first kappa shape index (κ1) is 21.0. The summed E-state index contributed by atoms with van der Waals surface area (Å²) >= 11 is 0. The number of aryl methyl sites for hydroxylation is 1. The van der Waals surface area contributed by atoms with Crippen LogP contribution in [0.5, 0.6) is 0 Å². The molecule has 1 heterocycles. The molecule has 3 aromatic carbocycles. The van der Waals surface area contributed by atoms with Crippen molar-refractivity contribution in [1.29, 1.82) is 0 Å². The maximum atomic E-state index is 12.5. The molecule has 1 fully saturated rings. The van der Waals surface area contributed by atoms with E-state index in [1.807, 2.05) is 0 Å². The molecule has 0 aliphatic carbocycles. The molecule has 1 saturated heterocycles. The van der Waals surface area contributed by atoms with E-state index in [0.29, 0.717) is 5.56 Å². The third kappa shape index (κ3) is 4.90. The molecule has 1 amide bonds. The summed E-state index contributed by atoms with van der Waals surface area (Å²) < 4.78 is 0. The highest BCUT2D eigenvalue weighted by molar-refractivity contribution is 5.95. The average Bonchev–Trinajstić information content (AvgIpc) is 2.76. The number of hydrogen-bond acceptors (Lipinski definition) is 5. The lowest BCUT2D eigenvalue weighted by molar-refractivity contribution is -0.384.